The summed E-state index contributed by atoms with van der Waals surface area (Å²) >= 11 is 0. The molecule has 3 nitrogen and oxygen atoms in total. The Kier molecular flexibility index (Phi) is 8.40. The van der Waals surface area contributed by atoms with Crippen LogP contribution in [0.25, 0.3) is 11.0 Å². The minimum Gasteiger partial charge on any atom is -0.468 e. The minimum absolute atomic E-state index is 0.00975. The average molecular weight is 727 g/mol. The van der Waals surface area contributed by atoms with Gasteiger partial charge in [-0.3, -0.25) is 0 Å². The normalized spacial score (nSPS) is 14.4. The molecule has 6 aromatic rings. The van der Waals surface area contributed by atoms with E-state index >= 15 is 0 Å². The first kappa shape index (κ1) is 37.2. The predicted molar refractivity (Wildman–Crippen MR) is 239 cm³/mol. The maximum absolute atomic E-state index is 7.23. The fourth-order valence-corrected chi connectivity index (χ4v) is 8.54. The molecule has 0 radical (unpaired) electrons. The van der Waals surface area contributed by atoms with E-state index in [4.69, 9.17) is 4.42 Å². The van der Waals surface area contributed by atoms with Crippen molar-refractivity contribution in [1.29, 1.82) is 0 Å². The molecule has 0 atom stereocenters. The highest BCUT2D eigenvalue weighted by atomic mass is 16.3. The van der Waals surface area contributed by atoms with Crippen LogP contribution in [0.15, 0.2) is 101 Å². The van der Waals surface area contributed by atoms with Gasteiger partial charge in [-0.15, -0.1) is 0 Å². The molecule has 55 heavy (non-hydrogen) atoms. The molecule has 5 aromatic carbocycles. The molecule has 0 N–H and O–H groups in total. The Bertz CT molecular complexity index is 2440. The standard InChI is InChI=1S/C51H59BN2O/c1-31(2)32-27-42-45-43(28-32)54(38-23-17-34(18-24-38)49(6,7)8)46-39-29-35(50(9,10)11)20-26-44(39)55-47(46)52(45)40-30-36(51(12,13)14)19-25-41(40)53(42)37-21-15-33(16-22-37)48(3,4)5/h15-31H,1-14H3. The van der Waals surface area contributed by atoms with Gasteiger partial charge in [-0.05, 0) is 121 Å². The zero-order valence-corrected chi connectivity index (χ0v) is 35.7. The van der Waals surface area contributed by atoms with E-state index in [0.717, 1.165) is 28.0 Å². The van der Waals surface area contributed by atoms with Crippen molar-refractivity contribution in [2.45, 2.75) is 125 Å². The summed E-state index contributed by atoms with van der Waals surface area (Å²) in [5.41, 5.74) is 18.4. The van der Waals surface area contributed by atoms with Crippen LogP contribution < -0.4 is 26.4 Å². The van der Waals surface area contributed by atoms with Gasteiger partial charge in [-0.2, -0.15) is 0 Å². The molecule has 0 spiro atoms. The summed E-state index contributed by atoms with van der Waals surface area (Å²) in [7, 11) is 0. The molecule has 282 valence electrons. The molecule has 2 aliphatic heterocycles. The van der Waals surface area contributed by atoms with Gasteiger partial charge >= 0.3 is 0 Å². The number of anilines is 6. The number of hydrogen-bond donors (Lipinski definition) is 0. The summed E-state index contributed by atoms with van der Waals surface area (Å²) in [6, 6.07) is 37.5. The zero-order chi connectivity index (χ0) is 39.6. The molecule has 0 saturated carbocycles. The van der Waals surface area contributed by atoms with E-state index in [1.807, 2.05) is 0 Å². The van der Waals surface area contributed by atoms with E-state index in [1.54, 1.807) is 0 Å². The molecular formula is C51H59BN2O. The topological polar surface area (TPSA) is 19.6 Å². The second-order valence-corrected chi connectivity index (χ2v) is 20.6. The quantitative estimate of drug-likeness (QED) is 0.169. The van der Waals surface area contributed by atoms with Crippen LogP contribution >= 0.6 is 0 Å². The number of furan rings is 1. The lowest BCUT2D eigenvalue weighted by Crippen LogP contribution is -2.61. The molecule has 0 aliphatic carbocycles. The first-order chi connectivity index (χ1) is 25.6. The van der Waals surface area contributed by atoms with Gasteiger partial charge in [0.15, 0.2) is 0 Å². The molecule has 2 aliphatic rings. The number of benzene rings is 5. The smallest absolute Gasteiger partial charge is 0.297 e. The lowest BCUT2D eigenvalue weighted by Gasteiger charge is -2.43. The highest BCUT2D eigenvalue weighted by Gasteiger charge is 2.47. The molecule has 0 amide bonds. The number of nitrogens with zero attached hydrogens (tertiary/aromatic N) is 2. The van der Waals surface area contributed by atoms with Crippen LogP contribution in [0.5, 0.6) is 0 Å². The maximum atomic E-state index is 7.23. The first-order valence-electron chi connectivity index (χ1n) is 20.3. The van der Waals surface area contributed by atoms with Crippen molar-refractivity contribution in [1.82, 2.24) is 0 Å². The first-order valence-corrected chi connectivity index (χ1v) is 20.3. The summed E-state index contributed by atoms with van der Waals surface area (Å²) in [4.78, 5) is 5.06. The Morgan fingerprint density at radius 2 is 0.945 bits per heavy atom. The molecule has 8 rings (SSSR count). The predicted octanol–water partition coefficient (Wildman–Crippen LogP) is 12.8. The van der Waals surface area contributed by atoms with E-state index < -0.39 is 0 Å². The van der Waals surface area contributed by atoms with Gasteiger partial charge in [0.2, 0.25) is 0 Å². The van der Waals surface area contributed by atoms with Crippen LogP contribution in [-0.4, -0.2) is 6.71 Å². The Hall–Kier alpha value is -4.70. The van der Waals surface area contributed by atoms with Crippen molar-refractivity contribution in [2.75, 3.05) is 9.80 Å². The van der Waals surface area contributed by atoms with Crippen molar-refractivity contribution in [2.24, 2.45) is 0 Å². The average Bonchev–Trinajstić information content (AvgIpc) is 3.48. The fraction of sp³-hybridized carbons (Fsp3) is 0.373. The highest BCUT2D eigenvalue weighted by Crippen LogP contribution is 2.49. The largest absolute Gasteiger partial charge is 0.468 e. The van der Waals surface area contributed by atoms with Gasteiger partial charge in [0.25, 0.3) is 6.71 Å². The zero-order valence-electron chi connectivity index (χ0n) is 35.7. The van der Waals surface area contributed by atoms with Gasteiger partial charge in [0, 0.05) is 33.8 Å². The second kappa shape index (κ2) is 12.4. The minimum atomic E-state index is -0.0841. The van der Waals surface area contributed by atoms with Gasteiger partial charge in [0.1, 0.15) is 5.58 Å². The van der Waals surface area contributed by atoms with Crippen molar-refractivity contribution in [3.63, 3.8) is 0 Å². The Labute approximate surface area is 330 Å². The van der Waals surface area contributed by atoms with Crippen LogP contribution in [0.2, 0.25) is 0 Å². The van der Waals surface area contributed by atoms with E-state index in [1.165, 1.54) is 61.5 Å². The van der Waals surface area contributed by atoms with Gasteiger partial charge < -0.3 is 14.2 Å². The Morgan fingerprint density at radius 1 is 0.491 bits per heavy atom. The lowest BCUT2D eigenvalue weighted by molar-refractivity contribution is 0.590. The van der Waals surface area contributed by atoms with E-state index in [2.05, 4.69) is 204 Å². The van der Waals surface area contributed by atoms with Crippen molar-refractivity contribution >= 4 is 68.4 Å². The molecule has 0 fully saturated rings. The van der Waals surface area contributed by atoms with Crippen molar-refractivity contribution in [3.8, 4) is 0 Å². The fourth-order valence-electron chi connectivity index (χ4n) is 8.54. The number of rotatable bonds is 3. The van der Waals surface area contributed by atoms with Crippen molar-refractivity contribution in [3.05, 3.63) is 125 Å². The molecule has 4 heteroatoms. The molecule has 0 saturated heterocycles. The second-order valence-electron chi connectivity index (χ2n) is 20.6. The summed E-state index contributed by atoms with van der Waals surface area (Å²) < 4.78 is 7.23. The Morgan fingerprint density at radius 3 is 1.45 bits per heavy atom. The maximum Gasteiger partial charge on any atom is 0.297 e. The summed E-state index contributed by atoms with van der Waals surface area (Å²) in [5.74, 6) is 0.329. The third-order valence-electron chi connectivity index (χ3n) is 12.1. The molecular weight excluding hydrogens is 667 g/mol. The third-order valence-corrected chi connectivity index (χ3v) is 12.1. The van der Waals surface area contributed by atoms with E-state index in [-0.39, 0.29) is 28.4 Å². The van der Waals surface area contributed by atoms with Crippen LogP contribution in [0.1, 0.15) is 131 Å². The van der Waals surface area contributed by atoms with Gasteiger partial charge in [-0.1, -0.05) is 139 Å². The monoisotopic (exact) mass is 726 g/mol. The summed E-state index contributed by atoms with van der Waals surface area (Å²) in [5, 5.41) is 1.16. The lowest BCUT2D eigenvalue weighted by atomic mass is 9.35. The van der Waals surface area contributed by atoms with Crippen LogP contribution in [-0.2, 0) is 21.7 Å². The van der Waals surface area contributed by atoms with E-state index in [9.17, 15) is 0 Å². The van der Waals surface area contributed by atoms with E-state index in [0.29, 0.717) is 5.92 Å². The SMILES string of the molecule is CC(C)c1cc2c3c(c1)N(c1ccc(C(C)(C)C)cc1)c1c(oc4ccc(C(C)(C)C)cc14)B3c1cc(C(C)(C)C)ccc1N2c1ccc(C(C)(C)C)cc1. The molecule has 1 aromatic heterocycles. The van der Waals surface area contributed by atoms with Gasteiger partial charge in [-0.25, -0.2) is 0 Å². The molecule has 3 heterocycles. The van der Waals surface area contributed by atoms with Crippen LogP contribution in [0.3, 0.4) is 0 Å². The summed E-state index contributed by atoms with van der Waals surface area (Å²) in [6.07, 6.45) is 0. The van der Waals surface area contributed by atoms with Crippen LogP contribution in [0.4, 0.5) is 34.1 Å². The molecule has 0 unspecified atom stereocenters. The van der Waals surface area contributed by atoms with Gasteiger partial charge in [0.05, 0.1) is 11.3 Å². The van der Waals surface area contributed by atoms with Crippen LogP contribution in [0, 0.1) is 0 Å². The van der Waals surface area contributed by atoms with Crippen molar-refractivity contribution < 1.29 is 4.42 Å². The number of fused-ring (bicyclic) bond motifs is 6. The Balaban J connectivity index is 1.50. The highest BCUT2D eigenvalue weighted by molar-refractivity contribution is 7.00. The third kappa shape index (κ3) is 6.21. The number of hydrogen-bond acceptors (Lipinski definition) is 3. The molecule has 0 bridgehead atoms. The summed E-state index contributed by atoms with van der Waals surface area (Å²) in [6.45, 7) is 32.1.